The number of thiocarbonyl (C=S) groups is 1. The van der Waals surface area contributed by atoms with Crippen molar-refractivity contribution >= 4 is 60.2 Å². The monoisotopic (exact) mass is 254 g/mol. The zero-order chi connectivity index (χ0) is 9.54. The Morgan fingerprint density at radius 1 is 1.29 bits per heavy atom. The van der Waals surface area contributed by atoms with Gasteiger partial charge in [0, 0.05) is 14.3 Å². The fraction of sp³-hybridized carbons (Fsp3) is 0.100. The van der Waals surface area contributed by atoms with Crippen LogP contribution in [-0.4, -0.2) is 4.20 Å². The molecule has 3 rings (SSSR count). The van der Waals surface area contributed by atoms with Gasteiger partial charge in [-0.2, -0.15) is 0 Å². The van der Waals surface area contributed by atoms with Crippen molar-refractivity contribution in [2.45, 2.75) is 5.92 Å². The first-order valence-corrected chi connectivity index (χ1v) is 7.17. The minimum Gasteiger partial charge on any atom is -0.143 e. The summed E-state index contributed by atoms with van der Waals surface area (Å²) < 4.78 is 3.86. The summed E-state index contributed by atoms with van der Waals surface area (Å²) in [6.07, 6.45) is 2.20. The molecule has 0 amide bonds. The summed E-state index contributed by atoms with van der Waals surface area (Å²) >= 11 is 10.7. The Morgan fingerprint density at radius 2 is 2.21 bits per heavy atom. The zero-order valence-electron chi connectivity index (χ0n) is 7.10. The van der Waals surface area contributed by atoms with Gasteiger partial charge in [-0.1, -0.05) is 30.1 Å². The van der Waals surface area contributed by atoms with Crippen molar-refractivity contribution in [3.8, 4) is 0 Å². The lowest BCUT2D eigenvalue weighted by atomic mass is 10.1. The topological polar surface area (TPSA) is 0 Å². The maximum absolute atomic E-state index is 5.31. The van der Waals surface area contributed by atoms with Gasteiger partial charge in [0.2, 0.25) is 0 Å². The summed E-state index contributed by atoms with van der Waals surface area (Å²) in [4.78, 5) is 1.39. The van der Waals surface area contributed by atoms with Crippen molar-refractivity contribution in [3.63, 3.8) is 0 Å². The highest BCUT2D eigenvalue weighted by Gasteiger charge is 2.20. The molecule has 1 unspecified atom stereocenters. The molecule has 0 radical (unpaired) electrons. The van der Waals surface area contributed by atoms with Gasteiger partial charge in [0.1, 0.15) is 0 Å². The minimum atomic E-state index is 0.375. The van der Waals surface area contributed by atoms with Crippen LogP contribution in [0.25, 0.3) is 9.40 Å². The maximum atomic E-state index is 5.31. The van der Waals surface area contributed by atoms with Crippen molar-refractivity contribution in [3.05, 3.63) is 33.9 Å². The van der Waals surface area contributed by atoms with E-state index in [0.29, 0.717) is 5.92 Å². The van der Waals surface area contributed by atoms with Crippen LogP contribution >= 0.6 is 46.7 Å². The lowest BCUT2D eigenvalue weighted by molar-refractivity contribution is 1.25. The molecule has 0 spiro atoms. The molecule has 4 heteroatoms. The van der Waals surface area contributed by atoms with Crippen LogP contribution in [0.15, 0.2) is 29.0 Å². The standard InChI is InChI=1S/C10H6S4/c11-10-6(1-3-13-10)8-5-9-7(14-8)2-4-12-9/h1-6H. The number of thioether (sulfide) groups is 1. The summed E-state index contributed by atoms with van der Waals surface area (Å²) in [7, 11) is 0. The minimum absolute atomic E-state index is 0.375. The Labute approximate surface area is 99.6 Å². The predicted octanol–water partition coefficient (Wildman–Crippen LogP) is 4.63. The molecular formula is C10H6S4. The first kappa shape index (κ1) is 9.09. The Morgan fingerprint density at radius 3 is 2.93 bits per heavy atom. The second kappa shape index (κ2) is 3.45. The summed E-state index contributed by atoms with van der Waals surface area (Å²) in [6, 6.07) is 4.46. The summed E-state index contributed by atoms with van der Waals surface area (Å²) in [5.74, 6) is 0.375. The number of fused-ring (bicyclic) bond motifs is 1. The Bertz CT molecular complexity index is 488. The molecule has 0 nitrogen and oxygen atoms in total. The molecule has 70 valence electrons. The highest BCUT2D eigenvalue weighted by molar-refractivity contribution is 8.25. The molecule has 3 heterocycles. The highest BCUT2D eigenvalue weighted by atomic mass is 32.2. The van der Waals surface area contributed by atoms with Crippen molar-refractivity contribution in [2.75, 3.05) is 0 Å². The largest absolute Gasteiger partial charge is 0.143 e. The predicted molar refractivity (Wildman–Crippen MR) is 71.8 cm³/mol. The van der Waals surface area contributed by atoms with E-state index >= 15 is 0 Å². The van der Waals surface area contributed by atoms with Crippen LogP contribution < -0.4 is 0 Å². The molecule has 2 aromatic rings. The smallest absolute Gasteiger partial charge is 0.0642 e. The Kier molecular flexibility index (Phi) is 2.24. The highest BCUT2D eigenvalue weighted by Crippen LogP contribution is 2.40. The van der Waals surface area contributed by atoms with Gasteiger partial charge in [-0.25, -0.2) is 0 Å². The summed E-state index contributed by atoms with van der Waals surface area (Å²) in [5, 5.41) is 4.24. The summed E-state index contributed by atoms with van der Waals surface area (Å²) in [5.41, 5.74) is 0. The van der Waals surface area contributed by atoms with Gasteiger partial charge in [-0.15, -0.1) is 22.7 Å². The average Bonchev–Trinajstić information content (AvgIpc) is 2.75. The molecule has 0 fully saturated rings. The van der Waals surface area contributed by atoms with Crippen LogP contribution in [0.4, 0.5) is 0 Å². The number of hydrogen-bond donors (Lipinski definition) is 0. The lowest BCUT2D eigenvalue weighted by Gasteiger charge is -2.02. The van der Waals surface area contributed by atoms with E-state index in [1.807, 2.05) is 11.3 Å². The summed E-state index contributed by atoms with van der Waals surface area (Å²) in [6.45, 7) is 0. The fourth-order valence-electron chi connectivity index (χ4n) is 1.49. The molecule has 0 bridgehead atoms. The molecule has 0 aromatic carbocycles. The molecule has 1 aliphatic rings. The van der Waals surface area contributed by atoms with Crippen LogP contribution in [0.1, 0.15) is 10.8 Å². The fourth-order valence-corrected chi connectivity index (χ4v) is 4.94. The quantitative estimate of drug-likeness (QED) is 0.680. The second-order valence-electron chi connectivity index (χ2n) is 3.04. The molecule has 14 heavy (non-hydrogen) atoms. The molecule has 2 aromatic heterocycles. The Hall–Kier alpha value is -0.160. The molecule has 0 N–H and O–H groups in total. The number of thiophene rings is 2. The van der Waals surface area contributed by atoms with E-state index in [-0.39, 0.29) is 0 Å². The normalized spacial score (nSPS) is 21.1. The third-order valence-electron chi connectivity index (χ3n) is 2.17. The van der Waals surface area contributed by atoms with Crippen molar-refractivity contribution in [1.82, 2.24) is 0 Å². The lowest BCUT2D eigenvalue weighted by Crippen LogP contribution is -1.95. The molecule has 0 aliphatic carbocycles. The van der Waals surface area contributed by atoms with Gasteiger partial charge in [0.25, 0.3) is 0 Å². The van der Waals surface area contributed by atoms with Gasteiger partial charge < -0.3 is 0 Å². The number of rotatable bonds is 1. The van der Waals surface area contributed by atoms with Crippen molar-refractivity contribution < 1.29 is 0 Å². The molecule has 1 atom stereocenters. The van der Waals surface area contributed by atoms with E-state index < -0.39 is 0 Å². The van der Waals surface area contributed by atoms with Crippen LogP contribution in [0.3, 0.4) is 0 Å². The van der Waals surface area contributed by atoms with Gasteiger partial charge >= 0.3 is 0 Å². The van der Waals surface area contributed by atoms with Gasteiger partial charge in [0.05, 0.1) is 10.1 Å². The average molecular weight is 254 g/mol. The molecule has 0 saturated heterocycles. The van der Waals surface area contributed by atoms with E-state index in [1.54, 1.807) is 23.1 Å². The van der Waals surface area contributed by atoms with E-state index in [9.17, 15) is 0 Å². The maximum Gasteiger partial charge on any atom is 0.0642 e. The SMILES string of the molecule is S=C1SC=CC1c1cc2sccc2s1. The number of allylic oxidation sites excluding steroid dienone is 1. The van der Waals surface area contributed by atoms with Crippen LogP contribution in [0.2, 0.25) is 0 Å². The zero-order valence-corrected chi connectivity index (χ0v) is 10.4. The number of hydrogen-bond acceptors (Lipinski definition) is 4. The third-order valence-corrected chi connectivity index (χ3v) is 5.67. The van der Waals surface area contributed by atoms with Crippen LogP contribution in [-0.2, 0) is 0 Å². The van der Waals surface area contributed by atoms with Gasteiger partial charge in [0.15, 0.2) is 0 Å². The van der Waals surface area contributed by atoms with Crippen molar-refractivity contribution in [1.29, 1.82) is 0 Å². The van der Waals surface area contributed by atoms with Gasteiger partial charge in [-0.3, -0.25) is 0 Å². The first-order valence-electron chi connectivity index (χ1n) is 4.19. The van der Waals surface area contributed by atoms with Gasteiger partial charge in [-0.05, 0) is 22.9 Å². The molecular weight excluding hydrogens is 248 g/mol. The van der Waals surface area contributed by atoms with E-state index in [2.05, 4.69) is 29.0 Å². The van der Waals surface area contributed by atoms with Crippen molar-refractivity contribution in [2.24, 2.45) is 0 Å². The van der Waals surface area contributed by atoms with E-state index in [1.165, 1.54) is 14.3 Å². The van der Waals surface area contributed by atoms with E-state index in [0.717, 1.165) is 4.20 Å². The molecule has 1 aliphatic heterocycles. The third kappa shape index (κ3) is 1.37. The van der Waals surface area contributed by atoms with Crippen LogP contribution in [0.5, 0.6) is 0 Å². The van der Waals surface area contributed by atoms with Crippen LogP contribution in [0, 0.1) is 0 Å². The Balaban J connectivity index is 2.09. The first-order chi connectivity index (χ1) is 6.84. The molecule has 0 saturated carbocycles. The van der Waals surface area contributed by atoms with E-state index in [4.69, 9.17) is 12.2 Å². The second-order valence-corrected chi connectivity index (χ2v) is 6.75.